The minimum atomic E-state index is -1.15. The Labute approximate surface area is 136 Å². The van der Waals surface area contributed by atoms with Gasteiger partial charge in [-0.2, -0.15) is 0 Å². The number of fused-ring (bicyclic) bond motifs is 1. The van der Waals surface area contributed by atoms with Crippen molar-refractivity contribution in [2.45, 2.75) is 0 Å². The van der Waals surface area contributed by atoms with Crippen molar-refractivity contribution in [2.75, 3.05) is 0 Å². The van der Waals surface area contributed by atoms with Gasteiger partial charge in [0.15, 0.2) is 11.5 Å². The molecular weight excluding hydrogens is 312 g/mol. The van der Waals surface area contributed by atoms with Crippen molar-refractivity contribution < 1.29 is 29.6 Å². The van der Waals surface area contributed by atoms with E-state index < -0.39 is 11.9 Å². The molecule has 0 heterocycles. The van der Waals surface area contributed by atoms with E-state index in [-0.39, 0.29) is 22.6 Å². The zero-order chi connectivity index (χ0) is 17.3. The number of aromatic carboxylic acids is 2. The Morgan fingerprint density at radius 1 is 0.833 bits per heavy atom. The van der Waals surface area contributed by atoms with Crippen LogP contribution in [0.4, 0.5) is 0 Å². The molecule has 0 aliphatic carbocycles. The van der Waals surface area contributed by atoms with Crippen LogP contribution in [0.25, 0.3) is 10.8 Å². The SMILES string of the molecule is O=C(O)c1ccc(Oc2c(O)cc(C(=O)O)c3ccccc23)cc1. The molecule has 0 saturated carbocycles. The molecule has 0 amide bonds. The van der Waals surface area contributed by atoms with Gasteiger partial charge in [-0.05, 0) is 30.3 Å². The first-order chi connectivity index (χ1) is 11.5. The van der Waals surface area contributed by atoms with Crippen LogP contribution in [0.15, 0.2) is 54.6 Å². The second-order valence-electron chi connectivity index (χ2n) is 5.05. The normalized spacial score (nSPS) is 10.5. The second-order valence-corrected chi connectivity index (χ2v) is 5.05. The fraction of sp³-hybridized carbons (Fsp3) is 0. The number of carboxylic acids is 2. The van der Waals surface area contributed by atoms with Crippen molar-refractivity contribution in [2.24, 2.45) is 0 Å². The van der Waals surface area contributed by atoms with Crippen LogP contribution in [0.3, 0.4) is 0 Å². The fourth-order valence-corrected chi connectivity index (χ4v) is 2.40. The van der Waals surface area contributed by atoms with Gasteiger partial charge in [0, 0.05) is 10.8 Å². The maximum absolute atomic E-state index is 11.3. The highest BCUT2D eigenvalue weighted by Crippen LogP contribution is 2.39. The van der Waals surface area contributed by atoms with E-state index in [2.05, 4.69) is 0 Å². The Kier molecular flexibility index (Phi) is 3.79. The maximum atomic E-state index is 11.3. The smallest absolute Gasteiger partial charge is 0.336 e. The van der Waals surface area contributed by atoms with E-state index in [9.17, 15) is 19.8 Å². The van der Waals surface area contributed by atoms with Gasteiger partial charge in [0.1, 0.15) is 5.75 Å². The molecule has 0 aromatic heterocycles. The number of phenolic OH excluding ortho intramolecular Hbond substituents is 1. The fourth-order valence-electron chi connectivity index (χ4n) is 2.40. The zero-order valence-corrected chi connectivity index (χ0v) is 12.3. The first-order valence-electron chi connectivity index (χ1n) is 6.96. The summed E-state index contributed by atoms with van der Waals surface area (Å²) in [5.74, 6) is -2.09. The highest BCUT2D eigenvalue weighted by molar-refractivity contribution is 6.07. The lowest BCUT2D eigenvalue weighted by Crippen LogP contribution is -1.99. The van der Waals surface area contributed by atoms with Gasteiger partial charge in [-0.25, -0.2) is 9.59 Å². The molecule has 0 atom stereocenters. The van der Waals surface area contributed by atoms with E-state index in [0.29, 0.717) is 16.5 Å². The molecule has 0 saturated heterocycles. The lowest BCUT2D eigenvalue weighted by atomic mass is 10.0. The van der Waals surface area contributed by atoms with E-state index in [1.165, 1.54) is 24.3 Å². The molecule has 3 N–H and O–H groups in total. The number of carboxylic acid groups (broad SMARTS) is 2. The van der Waals surface area contributed by atoms with Crippen LogP contribution in [0.2, 0.25) is 0 Å². The lowest BCUT2D eigenvalue weighted by Gasteiger charge is -2.13. The number of phenols is 1. The average Bonchev–Trinajstić information content (AvgIpc) is 2.57. The van der Waals surface area contributed by atoms with Crippen molar-refractivity contribution in [1.29, 1.82) is 0 Å². The van der Waals surface area contributed by atoms with Crippen LogP contribution in [-0.4, -0.2) is 27.3 Å². The van der Waals surface area contributed by atoms with Gasteiger partial charge in [0.25, 0.3) is 0 Å². The van der Waals surface area contributed by atoms with Gasteiger partial charge in [-0.3, -0.25) is 0 Å². The molecule has 120 valence electrons. The number of carbonyl (C=O) groups is 2. The van der Waals surface area contributed by atoms with Crippen LogP contribution in [-0.2, 0) is 0 Å². The zero-order valence-electron chi connectivity index (χ0n) is 12.3. The topological polar surface area (TPSA) is 104 Å². The molecule has 3 aromatic rings. The molecule has 6 heteroatoms. The molecule has 0 unspecified atom stereocenters. The van der Waals surface area contributed by atoms with Crippen LogP contribution < -0.4 is 4.74 Å². The summed E-state index contributed by atoms with van der Waals surface area (Å²) in [6.07, 6.45) is 0. The average molecular weight is 324 g/mol. The molecule has 0 aliphatic heterocycles. The third-order valence-electron chi connectivity index (χ3n) is 3.53. The maximum Gasteiger partial charge on any atom is 0.336 e. The summed E-state index contributed by atoms with van der Waals surface area (Å²) in [6, 6.07) is 13.5. The quantitative estimate of drug-likeness (QED) is 0.675. The van der Waals surface area contributed by atoms with E-state index in [1.807, 2.05) is 0 Å². The number of hydrogen-bond acceptors (Lipinski definition) is 4. The molecular formula is C18H12O6. The third kappa shape index (κ3) is 2.72. The molecule has 3 rings (SSSR count). The Morgan fingerprint density at radius 3 is 2.04 bits per heavy atom. The molecule has 0 bridgehead atoms. The van der Waals surface area contributed by atoms with Crippen LogP contribution >= 0.6 is 0 Å². The van der Waals surface area contributed by atoms with Crippen molar-refractivity contribution in [1.82, 2.24) is 0 Å². The molecule has 24 heavy (non-hydrogen) atoms. The first-order valence-corrected chi connectivity index (χ1v) is 6.96. The predicted octanol–water partition coefficient (Wildman–Crippen LogP) is 3.73. The third-order valence-corrected chi connectivity index (χ3v) is 3.53. The Morgan fingerprint density at radius 2 is 1.46 bits per heavy atom. The summed E-state index contributed by atoms with van der Waals surface area (Å²) >= 11 is 0. The Hall–Kier alpha value is -3.54. The van der Waals surface area contributed by atoms with Gasteiger partial charge in [0.2, 0.25) is 0 Å². The number of hydrogen-bond donors (Lipinski definition) is 3. The van der Waals surface area contributed by atoms with E-state index in [1.54, 1.807) is 24.3 Å². The summed E-state index contributed by atoms with van der Waals surface area (Å²) in [5, 5.41) is 29.2. The molecule has 0 aliphatic rings. The van der Waals surface area contributed by atoms with Crippen LogP contribution in [0.5, 0.6) is 17.2 Å². The number of benzene rings is 3. The van der Waals surface area contributed by atoms with Crippen LogP contribution in [0, 0.1) is 0 Å². The van der Waals surface area contributed by atoms with Crippen molar-refractivity contribution in [3.8, 4) is 17.2 Å². The number of rotatable bonds is 4. The van der Waals surface area contributed by atoms with E-state index >= 15 is 0 Å². The monoisotopic (exact) mass is 324 g/mol. The molecule has 0 fully saturated rings. The largest absolute Gasteiger partial charge is 0.504 e. The molecule has 6 nitrogen and oxygen atoms in total. The van der Waals surface area contributed by atoms with Crippen molar-refractivity contribution >= 4 is 22.7 Å². The van der Waals surface area contributed by atoms with Gasteiger partial charge >= 0.3 is 11.9 Å². The lowest BCUT2D eigenvalue weighted by molar-refractivity contribution is 0.0687. The Balaban J connectivity index is 2.09. The van der Waals surface area contributed by atoms with Gasteiger partial charge in [-0.15, -0.1) is 0 Å². The number of aromatic hydroxyl groups is 1. The van der Waals surface area contributed by atoms with Crippen molar-refractivity contribution in [3.05, 3.63) is 65.7 Å². The van der Waals surface area contributed by atoms with Gasteiger partial charge in [-0.1, -0.05) is 24.3 Å². The van der Waals surface area contributed by atoms with Gasteiger partial charge < -0.3 is 20.1 Å². The second kappa shape index (κ2) is 5.92. The van der Waals surface area contributed by atoms with E-state index in [0.717, 1.165) is 6.07 Å². The summed E-state index contributed by atoms with van der Waals surface area (Å²) < 4.78 is 5.66. The summed E-state index contributed by atoms with van der Waals surface area (Å²) in [5.41, 5.74) is 0.0781. The minimum absolute atomic E-state index is 0.0309. The van der Waals surface area contributed by atoms with Gasteiger partial charge in [0.05, 0.1) is 11.1 Å². The highest BCUT2D eigenvalue weighted by atomic mass is 16.5. The summed E-state index contributed by atoms with van der Waals surface area (Å²) in [7, 11) is 0. The molecule has 3 aromatic carbocycles. The summed E-state index contributed by atoms with van der Waals surface area (Å²) in [6.45, 7) is 0. The molecule has 0 radical (unpaired) electrons. The van der Waals surface area contributed by atoms with E-state index in [4.69, 9.17) is 9.84 Å². The predicted molar refractivity (Wildman–Crippen MR) is 86.0 cm³/mol. The molecule has 0 spiro atoms. The standard InChI is InChI=1S/C18H12O6/c19-15-9-14(18(22)23)12-3-1-2-4-13(12)16(15)24-11-7-5-10(6-8-11)17(20)21/h1-9,19H,(H,20,21)(H,22,23). The number of ether oxygens (including phenoxy) is 1. The minimum Gasteiger partial charge on any atom is -0.504 e. The Bertz CT molecular complexity index is 944. The highest BCUT2D eigenvalue weighted by Gasteiger charge is 2.17. The van der Waals surface area contributed by atoms with Crippen molar-refractivity contribution in [3.63, 3.8) is 0 Å². The first kappa shape index (κ1) is 15.4. The summed E-state index contributed by atoms with van der Waals surface area (Å²) in [4.78, 5) is 22.2. The van der Waals surface area contributed by atoms with Crippen LogP contribution in [0.1, 0.15) is 20.7 Å².